The third-order valence-corrected chi connectivity index (χ3v) is 6.36. The van der Waals surface area contributed by atoms with Crippen molar-refractivity contribution in [1.82, 2.24) is 15.3 Å². The fraction of sp³-hybridized carbons (Fsp3) is 0.500. The lowest BCUT2D eigenvalue weighted by atomic mass is 10.0. The first-order valence-electron chi connectivity index (χ1n) is 11.8. The highest BCUT2D eigenvalue weighted by Gasteiger charge is 2.41. The molecule has 0 saturated carbocycles. The molecule has 33 heavy (non-hydrogen) atoms. The maximum Gasteiger partial charge on any atom is 0.222 e. The van der Waals surface area contributed by atoms with Crippen LogP contribution < -0.4 is 10.2 Å². The number of halogens is 1. The number of likely N-dealkylation sites (tertiary alicyclic amines) is 1. The molecular formula is C26H35FN4O2. The first-order chi connectivity index (χ1) is 15.8. The van der Waals surface area contributed by atoms with Gasteiger partial charge in [-0.1, -0.05) is 38.1 Å². The third-order valence-electron chi connectivity index (χ3n) is 6.36. The summed E-state index contributed by atoms with van der Waals surface area (Å²) in [4.78, 5) is 15.5. The quantitative estimate of drug-likeness (QED) is 0.655. The normalized spacial score (nSPS) is 18.8. The van der Waals surface area contributed by atoms with Crippen LogP contribution in [0.5, 0.6) is 5.75 Å². The number of ether oxygens (including phenoxy) is 1. The SMILES string of the molecule is CC(C)COc1ccc(CN(C2=NC3(CCN(C)CC3)ON2)C(C)c2ccc(F)cc2)cc1. The van der Waals surface area contributed by atoms with Crippen LogP contribution in [-0.4, -0.2) is 48.2 Å². The number of benzene rings is 2. The fourth-order valence-electron chi connectivity index (χ4n) is 4.15. The maximum absolute atomic E-state index is 13.5. The predicted molar refractivity (Wildman–Crippen MR) is 128 cm³/mol. The zero-order valence-electron chi connectivity index (χ0n) is 20.1. The van der Waals surface area contributed by atoms with E-state index in [1.165, 1.54) is 12.1 Å². The van der Waals surface area contributed by atoms with Gasteiger partial charge in [-0.25, -0.2) is 19.7 Å². The van der Waals surface area contributed by atoms with Gasteiger partial charge in [0.05, 0.1) is 12.6 Å². The van der Waals surface area contributed by atoms with Gasteiger partial charge in [-0.3, -0.25) is 0 Å². The summed E-state index contributed by atoms with van der Waals surface area (Å²) in [6, 6.07) is 14.8. The molecule has 2 aliphatic heterocycles. The highest BCUT2D eigenvalue weighted by atomic mass is 19.1. The number of hydrogen-bond donors (Lipinski definition) is 1. The van der Waals surface area contributed by atoms with Gasteiger partial charge >= 0.3 is 0 Å². The van der Waals surface area contributed by atoms with Crippen molar-refractivity contribution in [3.63, 3.8) is 0 Å². The van der Waals surface area contributed by atoms with Crippen LogP contribution in [-0.2, 0) is 11.4 Å². The molecule has 0 aliphatic carbocycles. The van der Waals surface area contributed by atoms with E-state index in [9.17, 15) is 4.39 Å². The molecular weight excluding hydrogens is 419 g/mol. The van der Waals surface area contributed by atoms with Crippen LogP contribution in [0.25, 0.3) is 0 Å². The van der Waals surface area contributed by atoms with E-state index >= 15 is 0 Å². The van der Waals surface area contributed by atoms with E-state index in [2.05, 4.69) is 55.2 Å². The average molecular weight is 455 g/mol. The highest BCUT2D eigenvalue weighted by molar-refractivity contribution is 5.81. The number of guanidine groups is 1. The molecule has 0 amide bonds. The van der Waals surface area contributed by atoms with Gasteiger partial charge in [0, 0.05) is 32.5 Å². The van der Waals surface area contributed by atoms with E-state index in [1.54, 1.807) is 0 Å². The summed E-state index contributed by atoms with van der Waals surface area (Å²) in [7, 11) is 2.12. The topological polar surface area (TPSA) is 49.3 Å². The minimum Gasteiger partial charge on any atom is -0.493 e. The Morgan fingerprint density at radius 3 is 2.39 bits per heavy atom. The largest absolute Gasteiger partial charge is 0.493 e. The van der Waals surface area contributed by atoms with E-state index in [1.807, 2.05) is 24.3 Å². The number of nitrogens with one attached hydrogen (secondary N) is 1. The molecule has 178 valence electrons. The molecule has 1 fully saturated rings. The van der Waals surface area contributed by atoms with Gasteiger partial charge in [0.2, 0.25) is 5.96 Å². The van der Waals surface area contributed by atoms with E-state index in [4.69, 9.17) is 14.6 Å². The molecule has 2 heterocycles. The van der Waals surface area contributed by atoms with Gasteiger partial charge in [0.1, 0.15) is 11.6 Å². The zero-order chi connectivity index (χ0) is 23.4. The summed E-state index contributed by atoms with van der Waals surface area (Å²) in [6.07, 6.45) is 1.70. The Morgan fingerprint density at radius 2 is 1.76 bits per heavy atom. The summed E-state index contributed by atoms with van der Waals surface area (Å²) in [5.74, 6) is 1.83. The Bertz CT molecular complexity index is 938. The van der Waals surface area contributed by atoms with E-state index < -0.39 is 5.72 Å². The van der Waals surface area contributed by atoms with Crippen LogP contribution >= 0.6 is 0 Å². The molecule has 6 nitrogen and oxygen atoms in total. The highest BCUT2D eigenvalue weighted by Crippen LogP contribution is 2.32. The second-order valence-electron chi connectivity index (χ2n) is 9.59. The Labute approximate surface area is 196 Å². The van der Waals surface area contributed by atoms with Crippen molar-refractivity contribution in [2.45, 2.75) is 51.9 Å². The van der Waals surface area contributed by atoms with Crippen LogP contribution in [0.15, 0.2) is 53.5 Å². The van der Waals surface area contributed by atoms with Gasteiger partial charge < -0.3 is 14.5 Å². The predicted octanol–water partition coefficient (Wildman–Crippen LogP) is 4.74. The number of hydrogen-bond acceptors (Lipinski definition) is 6. The van der Waals surface area contributed by atoms with Crippen molar-refractivity contribution in [2.24, 2.45) is 10.9 Å². The first-order valence-corrected chi connectivity index (χ1v) is 11.8. The molecule has 1 atom stereocenters. The van der Waals surface area contributed by atoms with Crippen LogP contribution in [0.3, 0.4) is 0 Å². The first kappa shape index (κ1) is 23.5. The number of piperidine rings is 1. The second kappa shape index (κ2) is 10.1. The lowest BCUT2D eigenvalue weighted by molar-refractivity contribution is -0.0876. The van der Waals surface area contributed by atoms with Crippen LogP contribution in [0, 0.1) is 11.7 Å². The molecule has 2 aromatic rings. The summed E-state index contributed by atoms with van der Waals surface area (Å²) in [5.41, 5.74) is 4.75. The Morgan fingerprint density at radius 1 is 1.09 bits per heavy atom. The molecule has 2 aromatic carbocycles. The van der Waals surface area contributed by atoms with Crippen molar-refractivity contribution in [3.05, 3.63) is 65.5 Å². The summed E-state index contributed by atoms with van der Waals surface area (Å²) >= 11 is 0. The summed E-state index contributed by atoms with van der Waals surface area (Å²) in [5, 5.41) is 0. The van der Waals surface area contributed by atoms with Crippen molar-refractivity contribution < 1.29 is 14.0 Å². The lowest BCUT2D eigenvalue weighted by Crippen LogP contribution is -2.43. The monoisotopic (exact) mass is 454 g/mol. The fourth-order valence-corrected chi connectivity index (χ4v) is 4.15. The number of aliphatic imine (C=N–C) groups is 1. The summed E-state index contributed by atoms with van der Waals surface area (Å²) in [6.45, 7) is 9.61. The Kier molecular flexibility index (Phi) is 7.20. The van der Waals surface area contributed by atoms with Crippen LogP contribution in [0.4, 0.5) is 4.39 Å². The zero-order valence-corrected chi connectivity index (χ0v) is 20.1. The van der Waals surface area contributed by atoms with E-state index in [-0.39, 0.29) is 11.9 Å². The van der Waals surface area contributed by atoms with Crippen molar-refractivity contribution in [2.75, 3.05) is 26.7 Å². The van der Waals surface area contributed by atoms with Crippen molar-refractivity contribution in [1.29, 1.82) is 0 Å². The van der Waals surface area contributed by atoms with Crippen LogP contribution in [0.1, 0.15) is 50.8 Å². The molecule has 1 saturated heterocycles. The maximum atomic E-state index is 13.5. The van der Waals surface area contributed by atoms with Crippen LogP contribution in [0.2, 0.25) is 0 Å². The van der Waals surface area contributed by atoms with Crippen molar-refractivity contribution in [3.8, 4) is 5.75 Å². The lowest BCUT2D eigenvalue weighted by Gasteiger charge is -2.33. The molecule has 2 aliphatic rings. The van der Waals surface area contributed by atoms with Gasteiger partial charge in [0.25, 0.3) is 0 Å². The number of rotatable bonds is 7. The smallest absolute Gasteiger partial charge is 0.222 e. The third kappa shape index (κ3) is 5.84. The van der Waals surface area contributed by atoms with Gasteiger partial charge in [-0.05, 0) is 55.3 Å². The second-order valence-corrected chi connectivity index (χ2v) is 9.59. The molecule has 7 heteroatoms. The average Bonchev–Trinajstić information content (AvgIpc) is 3.22. The van der Waals surface area contributed by atoms with Gasteiger partial charge in [-0.15, -0.1) is 0 Å². The molecule has 1 spiro atoms. The Hall–Kier alpha value is -2.64. The molecule has 1 N–H and O–H groups in total. The van der Waals surface area contributed by atoms with E-state index in [0.717, 1.165) is 48.8 Å². The number of nitrogens with zero attached hydrogens (tertiary/aromatic N) is 3. The molecule has 0 radical (unpaired) electrons. The molecule has 1 unspecified atom stereocenters. The summed E-state index contributed by atoms with van der Waals surface area (Å²) < 4.78 is 19.4. The Balaban J connectivity index is 1.56. The molecule has 0 aromatic heterocycles. The van der Waals surface area contributed by atoms with E-state index in [0.29, 0.717) is 19.1 Å². The van der Waals surface area contributed by atoms with Crippen molar-refractivity contribution >= 4 is 5.96 Å². The minimum absolute atomic E-state index is 0.0290. The molecule has 4 rings (SSSR count). The minimum atomic E-state index is -0.517. The number of hydroxylamine groups is 1. The standard InChI is InChI=1S/C26H35FN4O2/c1-19(2)18-32-24-11-5-21(6-12-24)17-31(20(3)22-7-9-23(27)10-8-22)25-28-26(33-29-25)13-15-30(4)16-14-26/h5-12,19-20H,13-18H2,1-4H3,(H,28,29). The van der Waals surface area contributed by atoms with Gasteiger partial charge in [0.15, 0.2) is 5.72 Å². The van der Waals surface area contributed by atoms with Gasteiger partial charge in [-0.2, -0.15) is 0 Å². The molecule has 0 bridgehead atoms.